The molecule has 1 aromatic heterocycles. The van der Waals surface area contributed by atoms with Crippen LogP contribution in [-0.2, 0) is 6.42 Å². The molecule has 1 aromatic rings. The Morgan fingerprint density at radius 3 is 2.62 bits per heavy atom. The normalized spacial score (nSPS) is 21.6. The van der Waals surface area contributed by atoms with E-state index in [9.17, 15) is 5.11 Å². The highest BCUT2D eigenvalue weighted by Crippen LogP contribution is 2.50. The first-order valence-corrected chi connectivity index (χ1v) is 15.7. The highest BCUT2D eigenvalue weighted by molar-refractivity contribution is 6.83. The summed E-state index contributed by atoms with van der Waals surface area (Å²) in [5.41, 5.74) is 11.5. The van der Waals surface area contributed by atoms with E-state index in [1.807, 2.05) is 0 Å². The second kappa shape index (κ2) is 9.64. The van der Waals surface area contributed by atoms with Crippen molar-refractivity contribution in [3.63, 3.8) is 0 Å². The quantitative estimate of drug-likeness (QED) is 0.316. The smallest absolute Gasteiger partial charge is 0.171 e. The zero-order valence-electron chi connectivity index (χ0n) is 20.5. The third-order valence-corrected chi connectivity index (χ3v) is 7.31. The van der Waals surface area contributed by atoms with Crippen molar-refractivity contribution in [1.29, 1.82) is 0 Å². The maximum absolute atomic E-state index is 10.7. The first kappa shape index (κ1) is 25.5. The van der Waals surface area contributed by atoms with Gasteiger partial charge in [-0.15, -0.1) is 11.5 Å². The first-order valence-electron chi connectivity index (χ1n) is 11.8. The van der Waals surface area contributed by atoms with Gasteiger partial charge < -0.3 is 20.9 Å². The fourth-order valence-electron chi connectivity index (χ4n) is 4.35. The second-order valence-electron chi connectivity index (χ2n) is 11.9. The van der Waals surface area contributed by atoms with Crippen LogP contribution in [0.4, 0.5) is 0 Å². The average Bonchev–Trinajstić information content (AvgIpc) is 2.62. The number of aromatic nitrogens is 1. The summed E-state index contributed by atoms with van der Waals surface area (Å²) in [5, 5.41) is 14.7. The van der Waals surface area contributed by atoms with Crippen molar-refractivity contribution < 1.29 is 9.84 Å². The number of nitrogens with two attached hydrogens (primary N) is 1. The summed E-state index contributed by atoms with van der Waals surface area (Å²) in [4.78, 5) is 4.64. The largest absolute Gasteiger partial charge is 0.484 e. The van der Waals surface area contributed by atoms with Gasteiger partial charge in [-0.3, -0.25) is 0 Å². The molecule has 1 saturated carbocycles. The van der Waals surface area contributed by atoms with Crippen molar-refractivity contribution in [2.45, 2.75) is 103 Å². The summed E-state index contributed by atoms with van der Waals surface area (Å²) < 4.78 is 6.40. The van der Waals surface area contributed by atoms with Crippen LogP contribution in [0.3, 0.4) is 0 Å². The Labute approximate surface area is 199 Å². The summed E-state index contributed by atoms with van der Waals surface area (Å²) in [6.45, 7) is 13.6. The fraction of sp³-hybridized carbons (Fsp3) is 0.720. The minimum absolute atomic E-state index is 0.0492. The van der Waals surface area contributed by atoms with Gasteiger partial charge in [0.15, 0.2) is 10.9 Å². The molecule has 0 amide bonds. The Balaban J connectivity index is 1.75. The number of fused-ring (bicyclic) bond motifs is 1. The molecule has 2 aliphatic rings. The van der Waals surface area contributed by atoms with Gasteiger partial charge in [0.2, 0.25) is 0 Å². The maximum Gasteiger partial charge on any atom is 0.171 e. The van der Waals surface area contributed by atoms with Crippen LogP contribution in [0.2, 0.25) is 24.8 Å². The van der Waals surface area contributed by atoms with Gasteiger partial charge in [0, 0.05) is 42.7 Å². The maximum atomic E-state index is 10.7. The number of rotatable bonds is 6. The number of nitrogens with zero attached hydrogens (tertiary/aromatic N) is 1. The van der Waals surface area contributed by atoms with Crippen molar-refractivity contribution in [2.75, 3.05) is 6.54 Å². The lowest BCUT2D eigenvalue weighted by Gasteiger charge is -2.48. The second-order valence-corrected chi connectivity index (χ2v) is 17.0. The minimum atomic E-state index is -1.43. The van der Waals surface area contributed by atoms with Crippen LogP contribution >= 0.6 is 11.6 Å². The van der Waals surface area contributed by atoms with Gasteiger partial charge in [-0.05, 0) is 37.2 Å². The predicted octanol–water partition coefficient (Wildman–Crippen LogP) is 4.62. The van der Waals surface area contributed by atoms with Crippen molar-refractivity contribution in [2.24, 2.45) is 11.1 Å². The molecule has 1 unspecified atom stereocenters. The summed E-state index contributed by atoms with van der Waals surface area (Å²) >= 11 is 6.61. The molecule has 1 fully saturated rings. The van der Waals surface area contributed by atoms with E-state index in [4.69, 9.17) is 22.1 Å². The van der Waals surface area contributed by atoms with E-state index in [1.54, 1.807) is 0 Å². The molecular weight excluding hydrogens is 438 g/mol. The van der Waals surface area contributed by atoms with Gasteiger partial charge in [-0.1, -0.05) is 52.0 Å². The highest BCUT2D eigenvalue weighted by Gasteiger charge is 2.46. The van der Waals surface area contributed by atoms with Gasteiger partial charge >= 0.3 is 0 Å². The summed E-state index contributed by atoms with van der Waals surface area (Å²) in [7, 11) is -1.43. The lowest BCUT2D eigenvalue weighted by Crippen LogP contribution is -2.51. The van der Waals surface area contributed by atoms with Crippen molar-refractivity contribution in [3.8, 4) is 17.2 Å². The molecule has 1 aliphatic carbocycles. The van der Waals surface area contributed by atoms with Gasteiger partial charge in [0.05, 0.1) is 6.10 Å². The fourth-order valence-corrected chi connectivity index (χ4v) is 5.24. The van der Waals surface area contributed by atoms with E-state index in [2.05, 4.69) is 68.2 Å². The number of ether oxygens (including phenoxy) is 1. The third kappa shape index (κ3) is 6.71. The van der Waals surface area contributed by atoms with E-state index in [-0.39, 0.29) is 23.1 Å². The molecule has 32 heavy (non-hydrogen) atoms. The van der Waals surface area contributed by atoms with Crippen LogP contribution in [0.5, 0.6) is 5.75 Å². The van der Waals surface area contributed by atoms with Crippen LogP contribution in [0.25, 0.3) is 0 Å². The van der Waals surface area contributed by atoms with Crippen molar-refractivity contribution in [3.05, 3.63) is 22.5 Å². The number of pyridine rings is 1. The molecule has 7 heteroatoms. The van der Waals surface area contributed by atoms with Crippen LogP contribution < -0.4 is 15.8 Å². The van der Waals surface area contributed by atoms with E-state index in [1.165, 1.54) is 6.42 Å². The Hall–Kier alpha value is -1.10. The van der Waals surface area contributed by atoms with Crippen molar-refractivity contribution >= 4 is 19.7 Å². The SMILES string of the molecule is CC(C)(C)Cc1cc2c(c(Cl)n1)OC1(CCC1)CC2NC[C@@H](O)[C@@H](N)CC#C[Si](C)(C)C. The van der Waals surface area contributed by atoms with Gasteiger partial charge in [0.1, 0.15) is 13.7 Å². The molecule has 1 spiro atoms. The molecule has 4 N–H and O–H groups in total. The molecule has 3 rings (SSSR count). The highest BCUT2D eigenvalue weighted by atomic mass is 35.5. The molecule has 2 heterocycles. The van der Waals surface area contributed by atoms with Crippen LogP contribution in [0, 0.1) is 16.9 Å². The molecule has 0 saturated heterocycles. The predicted molar refractivity (Wildman–Crippen MR) is 135 cm³/mol. The standard InChI is InChI=1S/C25H40ClN3O2Si/c1-24(2,3)14-17-13-18-20(15-25(10-8-11-25)31-22(18)23(26)29-17)28-16-21(30)19(27)9-7-12-32(4,5)6/h13,19-21,28,30H,8-11,14-16,27H2,1-6H3/t19-,20?,21+/m0/s1. The number of aliphatic hydroxyl groups is 1. The summed E-state index contributed by atoms with van der Waals surface area (Å²) in [5.74, 6) is 3.88. The number of hydrogen-bond acceptors (Lipinski definition) is 5. The Morgan fingerprint density at radius 2 is 2.06 bits per heavy atom. The van der Waals surface area contributed by atoms with Crippen molar-refractivity contribution in [1.82, 2.24) is 10.3 Å². The molecule has 0 aromatic carbocycles. The number of nitrogens with one attached hydrogen (secondary N) is 1. The van der Waals surface area contributed by atoms with E-state index in [0.717, 1.165) is 36.9 Å². The van der Waals surface area contributed by atoms with Gasteiger partial charge in [-0.25, -0.2) is 4.98 Å². The molecular formula is C25H40ClN3O2Si. The Kier molecular flexibility index (Phi) is 7.69. The lowest BCUT2D eigenvalue weighted by atomic mass is 9.73. The molecule has 178 valence electrons. The van der Waals surface area contributed by atoms with Gasteiger partial charge in [-0.2, -0.15) is 0 Å². The van der Waals surface area contributed by atoms with Crippen LogP contribution in [-0.4, -0.2) is 42.5 Å². The lowest BCUT2D eigenvalue weighted by molar-refractivity contribution is -0.0383. The van der Waals surface area contributed by atoms with E-state index in [0.29, 0.717) is 23.9 Å². The Bertz CT molecular complexity index is 878. The topological polar surface area (TPSA) is 80.4 Å². The van der Waals surface area contributed by atoms with Crippen LogP contribution in [0.1, 0.15) is 70.2 Å². The van der Waals surface area contributed by atoms with Crippen LogP contribution in [0.15, 0.2) is 6.07 Å². The summed E-state index contributed by atoms with van der Waals surface area (Å²) in [6, 6.07) is 1.80. The molecule has 3 atom stereocenters. The average molecular weight is 478 g/mol. The molecule has 0 radical (unpaired) electrons. The number of hydrogen-bond donors (Lipinski definition) is 3. The number of halogens is 1. The zero-order valence-corrected chi connectivity index (χ0v) is 22.3. The molecule has 1 aliphatic heterocycles. The Morgan fingerprint density at radius 1 is 1.38 bits per heavy atom. The zero-order chi connectivity index (χ0) is 23.7. The first-order chi connectivity index (χ1) is 14.8. The summed E-state index contributed by atoms with van der Waals surface area (Å²) in [6.07, 6.45) is 4.76. The van der Waals surface area contributed by atoms with Gasteiger partial charge in [0.25, 0.3) is 0 Å². The minimum Gasteiger partial charge on any atom is -0.484 e. The van der Waals surface area contributed by atoms with E-state index < -0.39 is 14.2 Å². The number of aliphatic hydroxyl groups excluding tert-OH is 1. The third-order valence-electron chi connectivity index (χ3n) is 6.13. The monoisotopic (exact) mass is 477 g/mol. The van der Waals surface area contributed by atoms with E-state index >= 15 is 0 Å². The molecule has 0 bridgehead atoms. The molecule has 5 nitrogen and oxygen atoms in total.